The van der Waals surface area contributed by atoms with Crippen LogP contribution >= 0.6 is 17.1 Å². The van der Waals surface area contributed by atoms with Crippen molar-refractivity contribution in [1.29, 1.82) is 0 Å². The van der Waals surface area contributed by atoms with Crippen molar-refractivity contribution < 1.29 is 27.0 Å². The van der Waals surface area contributed by atoms with Gasteiger partial charge >= 0.3 is 12.3 Å². The van der Waals surface area contributed by atoms with Crippen molar-refractivity contribution in [2.45, 2.75) is 12.3 Å². The van der Waals surface area contributed by atoms with Crippen LogP contribution in [0.25, 0.3) is 0 Å². The van der Waals surface area contributed by atoms with Gasteiger partial charge in [-0.3, -0.25) is 0 Å². The number of hydrogen-bond donors (Lipinski definition) is 1. The second kappa shape index (κ2) is 4.93. The fourth-order valence-electron chi connectivity index (χ4n) is 0.283. The smallest absolute Gasteiger partial charge is 0.330 e. The molecule has 0 aliphatic rings. The number of halogens is 4. The maximum Gasteiger partial charge on any atom is 0.330 e. The van der Waals surface area contributed by atoms with Crippen molar-refractivity contribution in [2.75, 3.05) is 12.9 Å². The molecule has 2 nitrogen and oxygen atoms in total. The van der Waals surface area contributed by atoms with Crippen LogP contribution in [0.5, 0.6) is 0 Å². The van der Waals surface area contributed by atoms with Crippen LogP contribution in [0.3, 0.4) is 0 Å². The summed E-state index contributed by atoms with van der Waals surface area (Å²) in [6.45, 7) is -1.56. The predicted octanol–water partition coefficient (Wildman–Crippen LogP) is 2.48. The molecule has 0 spiro atoms. The summed E-state index contributed by atoms with van der Waals surface area (Å²) in [5.74, 6) is -4.26. The van der Waals surface area contributed by atoms with Crippen molar-refractivity contribution in [3.8, 4) is 0 Å². The Bertz CT molecular complexity index is 212. The first kappa shape index (κ1) is 13.6. The highest BCUT2D eigenvalue weighted by Gasteiger charge is 2.42. The third kappa shape index (κ3) is 5.17. The number of alkyl halides is 4. The fraction of sp³-hybridized carbons (Fsp3) is 1.00. The Labute approximate surface area is 81.6 Å². The molecule has 9 heteroatoms. The molecule has 0 aliphatic carbocycles. The van der Waals surface area contributed by atoms with Crippen LogP contribution < -0.4 is 0 Å². The van der Waals surface area contributed by atoms with Gasteiger partial charge in [-0.1, -0.05) is 11.4 Å². The Hall–Kier alpha value is 0.640. The summed E-state index contributed by atoms with van der Waals surface area (Å²) in [7, 11) is 0. The molecule has 0 saturated carbocycles. The van der Waals surface area contributed by atoms with Gasteiger partial charge in [-0.2, -0.15) is 8.78 Å². The van der Waals surface area contributed by atoms with Gasteiger partial charge in [0.05, 0.1) is 0 Å². The highest BCUT2D eigenvalue weighted by Crippen LogP contribution is 2.55. The van der Waals surface area contributed by atoms with E-state index in [4.69, 9.17) is 4.89 Å². The topological polar surface area (TPSA) is 29.5 Å². The van der Waals surface area contributed by atoms with Gasteiger partial charge in [0.15, 0.2) is 0 Å². The number of rotatable bonds is 5. The lowest BCUT2D eigenvalue weighted by Crippen LogP contribution is -2.31. The van der Waals surface area contributed by atoms with E-state index in [0.717, 1.165) is 0 Å². The van der Waals surface area contributed by atoms with Crippen LogP contribution in [0.1, 0.15) is 0 Å². The molecule has 0 aliphatic heterocycles. The third-order valence-corrected chi connectivity index (χ3v) is 5.25. The summed E-state index contributed by atoms with van der Waals surface area (Å²) in [5, 5.41) is 0. The average Bonchev–Trinajstić information content (AvgIpc) is 2.01. The lowest BCUT2D eigenvalue weighted by Gasteiger charge is -2.18. The Morgan fingerprint density at radius 3 is 2.38 bits per heavy atom. The van der Waals surface area contributed by atoms with E-state index < -0.39 is 24.6 Å². The summed E-state index contributed by atoms with van der Waals surface area (Å²) < 4.78 is 51.6. The monoisotopic (exact) mass is 258 g/mol. The molecule has 1 atom stereocenters. The second-order valence-corrected chi connectivity index (χ2v) is 8.31. The second-order valence-electron chi connectivity index (χ2n) is 1.99. The Morgan fingerprint density at radius 1 is 1.62 bits per heavy atom. The third-order valence-electron chi connectivity index (χ3n) is 0.970. The summed E-state index contributed by atoms with van der Waals surface area (Å²) in [5.41, 5.74) is -3.37. The molecule has 0 rings (SSSR count). The molecule has 0 radical (unpaired) electrons. The molecule has 0 saturated heterocycles. The molecule has 0 amide bonds. The van der Waals surface area contributed by atoms with Gasteiger partial charge in [-0.05, 0) is 18.1 Å². The van der Waals surface area contributed by atoms with E-state index >= 15 is 0 Å². The van der Waals surface area contributed by atoms with Gasteiger partial charge < -0.3 is 9.42 Å². The van der Waals surface area contributed by atoms with E-state index in [-0.39, 0.29) is 0 Å². The van der Waals surface area contributed by atoms with Gasteiger partial charge in [-0.15, -0.1) is 0 Å². The van der Waals surface area contributed by atoms with Crippen LogP contribution in [0, 0.1) is 0 Å². The minimum atomic E-state index is -4.26. The Balaban J connectivity index is 4.10. The highest BCUT2D eigenvalue weighted by atomic mass is 32.9. The standard InChI is InChI=1S/C4H7F4O2PS2/c1-13-11(9,12)10-2-4(7,8)3(5)6/h3H,2H2,1H3,(H,9,12). The first-order valence-electron chi connectivity index (χ1n) is 2.90. The summed E-state index contributed by atoms with van der Waals surface area (Å²) >= 11 is 4.99. The molecule has 0 aromatic rings. The maximum atomic E-state index is 12.2. The lowest BCUT2D eigenvalue weighted by atomic mass is 10.4. The molecule has 13 heavy (non-hydrogen) atoms. The molecular formula is C4H7F4O2PS2. The van der Waals surface area contributed by atoms with Crippen LogP contribution in [0.15, 0.2) is 0 Å². The Kier molecular flexibility index (Phi) is 5.17. The van der Waals surface area contributed by atoms with E-state index in [1.54, 1.807) is 0 Å². The SMILES string of the molecule is CSP(O)(=S)OCC(F)(F)C(F)F. The molecule has 1 unspecified atom stereocenters. The molecular weight excluding hydrogens is 251 g/mol. The van der Waals surface area contributed by atoms with Gasteiger partial charge in [0.25, 0.3) is 0 Å². The predicted molar refractivity (Wildman–Crippen MR) is 46.9 cm³/mol. The normalized spacial score (nSPS) is 17.5. The fourth-order valence-corrected chi connectivity index (χ4v) is 1.36. The molecule has 0 aromatic carbocycles. The van der Waals surface area contributed by atoms with Crippen molar-refractivity contribution in [3.63, 3.8) is 0 Å². The van der Waals surface area contributed by atoms with E-state index in [1.165, 1.54) is 6.26 Å². The first-order valence-corrected chi connectivity index (χ1v) is 7.40. The van der Waals surface area contributed by atoms with E-state index in [0.29, 0.717) is 11.4 Å². The summed E-state index contributed by atoms with van der Waals surface area (Å²) in [6.07, 6.45) is -2.47. The van der Waals surface area contributed by atoms with Crippen molar-refractivity contribution >= 4 is 28.9 Å². The average molecular weight is 258 g/mol. The van der Waals surface area contributed by atoms with Gasteiger partial charge in [0, 0.05) is 0 Å². The quantitative estimate of drug-likeness (QED) is 0.606. The number of hydrogen-bond acceptors (Lipinski definition) is 3. The lowest BCUT2D eigenvalue weighted by molar-refractivity contribution is -0.147. The van der Waals surface area contributed by atoms with Crippen LogP contribution in [-0.2, 0) is 16.3 Å². The molecule has 80 valence electrons. The van der Waals surface area contributed by atoms with Crippen molar-refractivity contribution in [1.82, 2.24) is 0 Å². The van der Waals surface area contributed by atoms with Gasteiger partial charge in [0.2, 0.25) is 5.69 Å². The first-order chi connectivity index (χ1) is 5.71. The minimum absolute atomic E-state index is 0.661. The zero-order chi connectivity index (χ0) is 10.7. The van der Waals surface area contributed by atoms with Crippen LogP contribution in [-0.4, -0.2) is 30.1 Å². The van der Waals surface area contributed by atoms with Crippen molar-refractivity contribution in [3.05, 3.63) is 0 Å². The Morgan fingerprint density at radius 2 is 2.08 bits per heavy atom. The van der Waals surface area contributed by atoms with Crippen molar-refractivity contribution in [2.24, 2.45) is 0 Å². The molecule has 0 bridgehead atoms. The van der Waals surface area contributed by atoms with Gasteiger partial charge in [0.1, 0.15) is 6.61 Å². The zero-order valence-electron chi connectivity index (χ0n) is 6.42. The highest BCUT2D eigenvalue weighted by molar-refractivity contribution is 8.67. The minimum Gasteiger partial charge on any atom is -0.337 e. The van der Waals surface area contributed by atoms with E-state index in [1.807, 2.05) is 0 Å². The molecule has 0 heterocycles. The summed E-state index contributed by atoms with van der Waals surface area (Å²) in [4.78, 5) is 8.96. The molecule has 0 fully saturated rings. The van der Waals surface area contributed by atoms with E-state index in [2.05, 4.69) is 16.3 Å². The van der Waals surface area contributed by atoms with E-state index in [9.17, 15) is 17.6 Å². The largest absolute Gasteiger partial charge is 0.337 e. The molecule has 1 N–H and O–H groups in total. The van der Waals surface area contributed by atoms with Gasteiger partial charge in [-0.25, -0.2) is 8.78 Å². The van der Waals surface area contributed by atoms with Crippen LogP contribution in [0.2, 0.25) is 0 Å². The maximum absolute atomic E-state index is 12.2. The van der Waals surface area contributed by atoms with Crippen LogP contribution in [0.4, 0.5) is 17.6 Å². The summed E-state index contributed by atoms with van der Waals surface area (Å²) in [6, 6.07) is 0. The molecule has 0 aromatic heterocycles. The zero-order valence-corrected chi connectivity index (χ0v) is 8.94.